The summed E-state index contributed by atoms with van der Waals surface area (Å²) in [5.41, 5.74) is 0.259. The molecule has 114 valence electrons. The zero-order valence-corrected chi connectivity index (χ0v) is 13.7. The molecule has 0 aliphatic carbocycles. The minimum Gasteiger partial charge on any atom is -0.334 e. The largest absolute Gasteiger partial charge is 0.334 e. The molecule has 2 unspecified atom stereocenters. The van der Waals surface area contributed by atoms with E-state index < -0.39 is 0 Å². The summed E-state index contributed by atoms with van der Waals surface area (Å²) < 4.78 is 2.25. The number of nitrogens with zero attached hydrogens (tertiary/aromatic N) is 3. The summed E-state index contributed by atoms with van der Waals surface area (Å²) in [4.78, 5) is 6.98. The van der Waals surface area contributed by atoms with Gasteiger partial charge < -0.3 is 9.88 Å². The third-order valence-corrected chi connectivity index (χ3v) is 4.86. The van der Waals surface area contributed by atoms with E-state index in [2.05, 4.69) is 60.6 Å². The predicted octanol–water partition coefficient (Wildman–Crippen LogP) is 2.29. The third kappa shape index (κ3) is 3.41. The molecule has 0 saturated carbocycles. The van der Waals surface area contributed by atoms with Gasteiger partial charge in [-0.1, -0.05) is 20.8 Å². The molecule has 20 heavy (non-hydrogen) atoms. The van der Waals surface area contributed by atoms with Gasteiger partial charge in [-0.15, -0.1) is 0 Å². The van der Waals surface area contributed by atoms with E-state index in [1.165, 1.54) is 6.42 Å². The van der Waals surface area contributed by atoms with Crippen LogP contribution in [0.25, 0.3) is 0 Å². The number of hydrogen-bond donors (Lipinski definition) is 1. The zero-order chi connectivity index (χ0) is 14.8. The van der Waals surface area contributed by atoms with Crippen LogP contribution in [0.4, 0.5) is 0 Å². The van der Waals surface area contributed by atoms with Crippen LogP contribution in [0.15, 0.2) is 12.4 Å². The highest BCUT2D eigenvalue weighted by atomic mass is 15.3. The average molecular weight is 278 g/mol. The lowest BCUT2D eigenvalue weighted by atomic mass is 9.90. The normalized spacial score (nSPS) is 28.2. The Bertz CT molecular complexity index is 426. The van der Waals surface area contributed by atoms with Crippen molar-refractivity contribution >= 4 is 0 Å². The maximum absolute atomic E-state index is 4.31. The summed E-state index contributed by atoms with van der Waals surface area (Å²) >= 11 is 0. The van der Waals surface area contributed by atoms with E-state index in [1.54, 1.807) is 0 Å². The van der Waals surface area contributed by atoms with Crippen LogP contribution in [0, 0.1) is 12.8 Å². The second-order valence-electron chi connectivity index (χ2n) is 6.74. The fraction of sp³-hybridized carbons (Fsp3) is 0.812. The summed E-state index contributed by atoms with van der Waals surface area (Å²) in [6, 6.07) is 0.637. The van der Waals surface area contributed by atoms with Crippen LogP contribution in [-0.2, 0) is 6.54 Å². The fourth-order valence-corrected chi connectivity index (χ4v) is 3.12. The molecule has 1 fully saturated rings. The van der Waals surface area contributed by atoms with Crippen LogP contribution < -0.4 is 5.32 Å². The first kappa shape index (κ1) is 15.5. The van der Waals surface area contributed by atoms with E-state index >= 15 is 0 Å². The van der Waals surface area contributed by atoms with Crippen molar-refractivity contribution in [2.45, 2.75) is 59.2 Å². The molecule has 4 heteroatoms. The molecule has 2 atom stereocenters. The van der Waals surface area contributed by atoms with Crippen LogP contribution in [0.2, 0.25) is 0 Å². The lowest BCUT2D eigenvalue weighted by Gasteiger charge is -2.47. The van der Waals surface area contributed by atoms with Gasteiger partial charge in [-0.05, 0) is 26.2 Å². The van der Waals surface area contributed by atoms with E-state index in [-0.39, 0.29) is 5.54 Å². The number of hydrogen-bond acceptors (Lipinski definition) is 3. The topological polar surface area (TPSA) is 33.1 Å². The Labute approximate surface area is 123 Å². The van der Waals surface area contributed by atoms with Gasteiger partial charge in [0.2, 0.25) is 0 Å². The van der Waals surface area contributed by atoms with Crippen molar-refractivity contribution in [1.29, 1.82) is 0 Å². The van der Waals surface area contributed by atoms with Gasteiger partial charge in [0.25, 0.3) is 0 Å². The Morgan fingerprint density at radius 3 is 2.75 bits per heavy atom. The molecule has 0 radical (unpaired) electrons. The van der Waals surface area contributed by atoms with E-state index in [4.69, 9.17) is 0 Å². The molecule has 0 bridgehead atoms. The van der Waals surface area contributed by atoms with Crippen LogP contribution in [-0.4, -0.2) is 45.7 Å². The maximum Gasteiger partial charge on any atom is 0.105 e. The second kappa shape index (κ2) is 6.27. The summed E-state index contributed by atoms with van der Waals surface area (Å²) in [6.07, 6.45) is 5.16. The molecule has 2 rings (SSSR count). The van der Waals surface area contributed by atoms with E-state index in [1.807, 2.05) is 6.20 Å². The monoisotopic (exact) mass is 278 g/mol. The smallest absolute Gasteiger partial charge is 0.105 e. The van der Waals surface area contributed by atoms with Crippen molar-refractivity contribution in [1.82, 2.24) is 19.8 Å². The van der Waals surface area contributed by atoms with Gasteiger partial charge in [-0.2, -0.15) is 0 Å². The van der Waals surface area contributed by atoms with Gasteiger partial charge in [0, 0.05) is 50.2 Å². The Kier molecular flexibility index (Phi) is 4.86. The average Bonchev–Trinajstić information content (AvgIpc) is 2.81. The minimum absolute atomic E-state index is 0.259. The SMILES string of the molecule is CCC1(C)CN(CCn2ccnc2C)C(C(C)C)CN1. The molecule has 2 heterocycles. The quantitative estimate of drug-likeness (QED) is 0.897. The standard InChI is InChI=1S/C16H30N4/c1-6-16(5)12-20(15(11-18-16)13(2)3)10-9-19-8-7-17-14(19)4/h7-8,13,15,18H,6,9-12H2,1-5H3. The van der Waals surface area contributed by atoms with Crippen LogP contribution in [0.5, 0.6) is 0 Å². The van der Waals surface area contributed by atoms with E-state index in [0.29, 0.717) is 12.0 Å². The van der Waals surface area contributed by atoms with E-state index in [9.17, 15) is 0 Å². The summed E-state index contributed by atoms with van der Waals surface area (Å²) in [5.74, 6) is 1.80. The number of piperazine rings is 1. The van der Waals surface area contributed by atoms with Crippen molar-refractivity contribution < 1.29 is 0 Å². The van der Waals surface area contributed by atoms with Crippen molar-refractivity contribution in [3.63, 3.8) is 0 Å². The van der Waals surface area contributed by atoms with Crippen LogP contribution in [0.3, 0.4) is 0 Å². The van der Waals surface area contributed by atoms with E-state index in [0.717, 1.165) is 32.0 Å². The Hall–Kier alpha value is -0.870. The number of aryl methyl sites for hydroxylation is 1. The lowest BCUT2D eigenvalue weighted by molar-refractivity contribution is 0.0573. The Morgan fingerprint density at radius 1 is 1.45 bits per heavy atom. The molecular formula is C16H30N4. The predicted molar refractivity (Wildman–Crippen MR) is 83.9 cm³/mol. The second-order valence-corrected chi connectivity index (χ2v) is 6.74. The molecule has 1 N–H and O–H groups in total. The molecule has 0 amide bonds. The molecule has 0 spiro atoms. The maximum atomic E-state index is 4.31. The first-order valence-electron chi connectivity index (χ1n) is 7.92. The summed E-state index contributed by atoms with van der Waals surface area (Å²) in [5, 5.41) is 3.75. The van der Waals surface area contributed by atoms with Crippen molar-refractivity contribution in [3.8, 4) is 0 Å². The number of imidazole rings is 1. The molecule has 1 aromatic heterocycles. The van der Waals surface area contributed by atoms with Crippen molar-refractivity contribution in [2.24, 2.45) is 5.92 Å². The number of aromatic nitrogens is 2. The highest BCUT2D eigenvalue weighted by molar-refractivity contribution is 4.96. The Balaban J connectivity index is 2.02. The van der Waals surface area contributed by atoms with Gasteiger partial charge in [0.15, 0.2) is 0 Å². The van der Waals surface area contributed by atoms with Crippen LogP contribution in [0.1, 0.15) is 39.9 Å². The summed E-state index contributed by atoms with van der Waals surface area (Å²) in [6.45, 7) is 15.7. The first-order chi connectivity index (χ1) is 9.45. The van der Waals surface area contributed by atoms with Crippen molar-refractivity contribution in [3.05, 3.63) is 18.2 Å². The van der Waals surface area contributed by atoms with Gasteiger partial charge in [-0.3, -0.25) is 4.90 Å². The molecule has 0 aromatic carbocycles. The van der Waals surface area contributed by atoms with Gasteiger partial charge >= 0.3 is 0 Å². The molecule has 1 saturated heterocycles. The molecule has 1 aromatic rings. The van der Waals surface area contributed by atoms with Gasteiger partial charge in [0.1, 0.15) is 5.82 Å². The van der Waals surface area contributed by atoms with Gasteiger partial charge in [-0.25, -0.2) is 4.98 Å². The summed E-state index contributed by atoms with van der Waals surface area (Å²) in [7, 11) is 0. The fourth-order valence-electron chi connectivity index (χ4n) is 3.12. The van der Waals surface area contributed by atoms with Crippen LogP contribution >= 0.6 is 0 Å². The first-order valence-corrected chi connectivity index (χ1v) is 7.92. The molecule has 1 aliphatic rings. The van der Waals surface area contributed by atoms with Crippen molar-refractivity contribution in [2.75, 3.05) is 19.6 Å². The zero-order valence-electron chi connectivity index (χ0n) is 13.7. The third-order valence-electron chi connectivity index (χ3n) is 4.86. The number of rotatable bonds is 5. The highest BCUT2D eigenvalue weighted by Crippen LogP contribution is 2.22. The molecular weight excluding hydrogens is 248 g/mol. The van der Waals surface area contributed by atoms with Gasteiger partial charge in [0.05, 0.1) is 0 Å². The highest BCUT2D eigenvalue weighted by Gasteiger charge is 2.35. The minimum atomic E-state index is 0.259. The molecule has 1 aliphatic heterocycles. The molecule has 4 nitrogen and oxygen atoms in total. The lowest BCUT2D eigenvalue weighted by Crippen LogP contribution is -2.64. The Morgan fingerprint density at radius 2 is 2.20 bits per heavy atom. The number of nitrogens with one attached hydrogen (secondary N) is 1.